The van der Waals surface area contributed by atoms with Crippen molar-refractivity contribution in [3.8, 4) is 11.8 Å². The summed E-state index contributed by atoms with van der Waals surface area (Å²) in [6.07, 6.45) is 1.50. The second-order valence-corrected chi connectivity index (χ2v) is 7.44. The van der Waals surface area contributed by atoms with Crippen LogP contribution < -0.4 is 10.1 Å². The van der Waals surface area contributed by atoms with Crippen LogP contribution in [-0.2, 0) is 11.4 Å². The maximum absolute atomic E-state index is 12.4. The first-order chi connectivity index (χ1) is 14.4. The predicted molar refractivity (Wildman–Crippen MR) is 121 cm³/mol. The molecule has 0 aliphatic heterocycles. The molecule has 0 bridgehead atoms. The quantitative estimate of drug-likeness (QED) is 0.357. The molecule has 3 aromatic carbocycles. The SMILES string of the molecule is Cc1ccc(COc2ccc(/C=C(\C#N)C(=O)Nc3cc(Cl)ccc3Cl)cc2)cc1. The summed E-state index contributed by atoms with van der Waals surface area (Å²) in [5, 5.41) is 12.7. The monoisotopic (exact) mass is 436 g/mol. The van der Waals surface area contributed by atoms with Crippen LogP contribution in [-0.4, -0.2) is 5.91 Å². The topological polar surface area (TPSA) is 62.1 Å². The Bertz CT molecular complexity index is 1120. The highest BCUT2D eigenvalue weighted by atomic mass is 35.5. The molecule has 0 saturated carbocycles. The van der Waals surface area contributed by atoms with E-state index >= 15 is 0 Å². The fraction of sp³-hybridized carbons (Fsp3) is 0.0833. The lowest BCUT2D eigenvalue weighted by atomic mass is 10.1. The van der Waals surface area contributed by atoms with E-state index in [-0.39, 0.29) is 5.57 Å². The molecule has 0 fully saturated rings. The molecule has 0 spiro atoms. The molecule has 3 rings (SSSR count). The van der Waals surface area contributed by atoms with Crippen LogP contribution in [0.5, 0.6) is 5.75 Å². The number of amides is 1. The second-order valence-electron chi connectivity index (χ2n) is 6.59. The molecule has 6 heteroatoms. The zero-order valence-electron chi connectivity index (χ0n) is 16.2. The number of nitriles is 1. The van der Waals surface area contributed by atoms with E-state index < -0.39 is 5.91 Å². The van der Waals surface area contributed by atoms with Crippen LogP contribution in [0.2, 0.25) is 10.0 Å². The molecule has 4 nitrogen and oxygen atoms in total. The van der Waals surface area contributed by atoms with Crippen LogP contribution in [0, 0.1) is 18.3 Å². The molecule has 0 atom stereocenters. The second kappa shape index (κ2) is 9.98. The normalized spacial score (nSPS) is 10.9. The Morgan fingerprint density at radius 2 is 1.77 bits per heavy atom. The summed E-state index contributed by atoms with van der Waals surface area (Å²) >= 11 is 12.0. The Kier molecular flexibility index (Phi) is 7.13. The van der Waals surface area contributed by atoms with Gasteiger partial charge in [-0.25, -0.2) is 0 Å². The van der Waals surface area contributed by atoms with Crippen LogP contribution in [0.3, 0.4) is 0 Å². The van der Waals surface area contributed by atoms with E-state index in [0.29, 0.717) is 33.7 Å². The number of benzene rings is 3. The van der Waals surface area contributed by atoms with Gasteiger partial charge in [-0.2, -0.15) is 5.26 Å². The zero-order valence-corrected chi connectivity index (χ0v) is 17.7. The van der Waals surface area contributed by atoms with Crippen molar-refractivity contribution >= 4 is 40.9 Å². The van der Waals surface area contributed by atoms with Crippen LogP contribution in [0.25, 0.3) is 6.08 Å². The Morgan fingerprint density at radius 1 is 1.07 bits per heavy atom. The minimum Gasteiger partial charge on any atom is -0.489 e. The average Bonchev–Trinajstić information content (AvgIpc) is 2.75. The maximum Gasteiger partial charge on any atom is 0.266 e. The minimum atomic E-state index is -0.568. The zero-order chi connectivity index (χ0) is 21.5. The number of halogens is 2. The Balaban J connectivity index is 1.66. The van der Waals surface area contributed by atoms with Crippen LogP contribution in [0.4, 0.5) is 5.69 Å². The molecule has 0 unspecified atom stereocenters. The number of hydrogen-bond donors (Lipinski definition) is 1. The Hall–Kier alpha value is -3.26. The van der Waals surface area contributed by atoms with Crippen molar-refractivity contribution in [2.24, 2.45) is 0 Å². The van der Waals surface area contributed by atoms with Gasteiger partial charge in [-0.05, 0) is 54.5 Å². The van der Waals surface area contributed by atoms with Crippen molar-refractivity contribution in [3.05, 3.63) is 99.0 Å². The first kappa shape index (κ1) is 21.4. The summed E-state index contributed by atoms with van der Waals surface area (Å²) in [6.45, 7) is 2.50. The number of aryl methyl sites for hydroxylation is 1. The van der Waals surface area contributed by atoms with Crippen molar-refractivity contribution < 1.29 is 9.53 Å². The van der Waals surface area contributed by atoms with Crippen LogP contribution in [0.15, 0.2) is 72.3 Å². The van der Waals surface area contributed by atoms with Gasteiger partial charge < -0.3 is 10.1 Å². The van der Waals surface area contributed by atoms with Gasteiger partial charge in [0, 0.05) is 5.02 Å². The molecule has 0 saturated heterocycles. The number of carbonyl (C=O) groups is 1. The standard InChI is InChI=1S/C24H18Cl2N2O2/c1-16-2-4-18(5-3-16)15-30-21-9-6-17(7-10-21)12-19(14-27)24(29)28-23-13-20(25)8-11-22(23)26/h2-13H,15H2,1H3,(H,28,29)/b19-12+. The van der Waals surface area contributed by atoms with E-state index in [1.807, 2.05) is 37.3 Å². The summed E-state index contributed by atoms with van der Waals surface area (Å²) in [6, 6.07) is 21.9. The summed E-state index contributed by atoms with van der Waals surface area (Å²) in [5.41, 5.74) is 3.26. The van der Waals surface area contributed by atoms with Crippen molar-refractivity contribution in [3.63, 3.8) is 0 Å². The van der Waals surface area contributed by atoms with E-state index in [1.165, 1.54) is 17.7 Å². The largest absolute Gasteiger partial charge is 0.489 e. The molecular formula is C24H18Cl2N2O2. The highest BCUT2D eigenvalue weighted by molar-refractivity contribution is 6.36. The first-order valence-electron chi connectivity index (χ1n) is 9.11. The van der Waals surface area contributed by atoms with Gasteiger partial charge in [0.05, 0.1) is 10.7 Å². The number of rotatable bonds is 6. The van der Waals surface area contributed by atoms with E-state index in [0.717, 1.165) is 5.56 Å². The lowest BCUT2D eigenvalue weighted by Crippen LogP contribution is -2.13. The van der Waals surface area contributed by atoms with Crippen molar-refractivity contribution in [1.29, 1.82) is 5.26 Å². The third kappa shape index (κ3) is 5.87. The Labute approximate surface area is 185 Å². The van der Waals surface area contributed by atoms with Crippen molar-refractivity contribution in [2.75, 3.05) is 5.32 Å². The number of carbonyl (C=O) groups excluding carboxylic acids is 1. The van der Waals surface area contributed by atoms with Crippen molar-refractivity contribution in [2.45, 2.75) is 13.5 Å². The van der Waals surface area contributed by atoms with Crippen molar-refractivity contribution in [1.82, 2.24) is 0 Å². The summed E-state index contributed by atoms with van der Waals surface area (Å²) in [5.74, 6) is 0.128. The van der Waals surface area contributed by atoms with E-state index in [1.54, 1.807) is 36.4 Å². The van der Waals surface area contributed by atoms with E-state index in [9.17, 15) is 10.1 Å². The van der Waals surface area contributed by atoms with Gasteiger partial charge in [-0.3, -0.25) is 4.79 Å². The number of hydrogen-bond acceptors (Lipinski definition) is 3. The van der Waals surface area contributed by atoms with Gasteiger partial charge in [-0.1, -0.05) is 65.2 Å². The van der Waals surface area contributed by atoms with Gasteiger partial charge in [-0.15, -0.1) is 0 Å². The number of nitrogens with one attached hydrogen (secondary N) is 1. The minimum absolute atomic E-state index is 0.0561. The molecule has 0 aliphatic carbocycles. The van der Waals surface area contributed by atoms with E-state index in [2.05, 4.69) is 5.32 Å². The smallest absolute Gasteiger partial charge is 0.266 e. The Morgan fingerprint density at radius 3 is 2.43 bits per heavy atom. The fourth-order valence-electron chi connectivity index (χ4n) is 2.61. The third-order valence-electron chi connectivity index (χ3n) is 4.26. The lowest BCUT2D eigenvalue weighted by molar-refractivity contribution is -0.112. The van der Waals surface area contributed by atoms with Crippen LogP contribution >= 0.6 is 23.2 Å². The molecule has 1 amide bonds. The number of nitrogens with zero attached hydrogens (tertiary/aromatic N) is 1. The number of ether oxygens (including phenoxy) is 1. The predicted octanol–water partition coefficient (Wildman–Crippen LogP) is 6.43. The molecule has 3 aromatic rings. The summed E-state index contributed by atoms with van der Waals surface area (Å²) in [4.78, 5) is 12.4. The van der Waals surface area contributed by atoms with Gasteiger partial charge in [0.15, 0.2) is 0 Å². The molecule has 1 N–H and O–H groups in total. The molecule has 0 radical (unpaired) electrons. The molecule has 0 heterocycles. The molecule has 0 aliphatic rings. The van der Waals surface area contributed by atoms with Gasteiger partial charge in [0.1, 0.15) is 24.0 Å². The maximum atomic E-state index is 12.4. The molecule has 0 aromatic heterocycles. The third-order valence-corrected chi connectivity index (χ3v) is 4.82. The molecule has 30 heavy (non-hydrogen) atoms. The highest BCUT2D eigenvalue weighted by Gasteiger charge is 2.12. The molecular weight excluding hydrogens is 419 g/mol. The van der Waals surface area contributed by atoms with Gasteiger partial charge >= 0.3 is 0 Å². The first-order valence-corrected chi connectivity index (χ1v) is 9.87. The summed E-state index contributed by atoms with van der Waals surface area (Å²) < 4.78 is 5.78. The van der Waals surface area contributed by atoms with Gasteiger partial charge in [0.25, 0.3) is 5.91 Å². The summed E-state index contributed by atoms with van der Waals surface area (Å²) in [7, 11) is 0. The highest BCUT2D eigenvalue weighted by Crippen LogP contribution is 2.26. The van der Waals surface area contributed by atoms with E-state index in [4.69, 9.17) is 27.9 Å². The lowest BCUT2D eigenvalue weighted by Gasteiger charge is -2.08. The van der Waals surface area contributed by atoms with Crippen LogP contribution in [0.1, 0.15) is 16.7 Å². The fourth-order valence-corrected chi connectivity index (χ4v) is 2.95. The van der Waals surface area contributed by atoms with Gasteiger partial charge in [0.2, 0.25) is 0 Å². The number of anilines is 1. The average molecular weight is 437 g/mol. The molecule has 150 valence electrons.